The molecule has 2 rings (SSSR count). The Morgan fingerprint density at radius 2 is 2.27 bits per heavy atom. The minimum absolute atomic E-state index is 0.832. The van der Waals surface area contributed by atoms with E-state index in [1.54, 1.807) is 0 Å². The SMILES string of the molecule is CB1CCN(C)C2CNCC12. The molecule has 1 N–H and O–H groups in total. The summed E-state index contributed by atoms with van der Waals surface area (Å²) >= 11 is 0. The van der Waals surface area contributed by atoms with Gasteiger partial charge in [0.15, 0.2) is 0 Å². The van der Waals surface area contributed by atoms with Crippen molar-refractivity contribution in [3.63, 3.8) is 0 Å². The summed E-state index contributed by atoms with van der Waals surface area (Å²) in [5, 5.41) is 3.48. The molecule has 0 aromatic rings. The van der Waals surface area contributed by atoms with Crippen molar-refractivity contribution in [1.82, 2.24) is 10.2 Å². The van der Waals surface area contributed by atoms with E-state index in [0.717, 1.165) is 18.6 Å². The number of hydrogen-bond donors (Lipinski definition) is 1. The summed E-state index contributed by atoms with van der Waals surface area (Å²) in [6.07, 6.45) is 1.39. The Balaban J connectivity index is 2.08. The zero-order valence-electron chi connectivity index (χ0n) is 7.51. The van der Waals surface area contributed by atoms with Gasteiger partial charge < -0.3 is 10.2 Å². The fourth-order valence-corrected chi connectivity index (χ4v) is 2.54. The van der Waals surface area contributed by atoms with E-state index in [-0.39, 0.29) is 0 Å². The molecule has 2 aliphatic heterocycles. The van der Waals surface area contributed by atoms with Gasteiger partial charge in [0.05, 0.1) is 0 Å². The standard InChI is InChI=1S/C8H17BN2/c1-9-3-4-11(2)8-6-10-5-7(8)9/h7-8,10H,3-6H2,1-2H3. The highest BCUT2D eigenvalue weighted by atomic mass is 15.2. The third kappa shape index (κ3) is 1.21. The molecule has 0 radical (unpaired) electrons. The number of hydrogen-bond acceptors (Lipinski definition) is 2. The predicted molar refractivity (Wildman–Crippen MR) is 49.5 cm³/mol. The van der Waals surface area contributed by atoms with E-state index < -0.39 is 0 Å². The molecular weight excluding hydrogens is 135 g/mol. The lowest BCUT2D eigenvalue weighted by Crippen LogP contribution is -2.46. The van der Waals surface area contributed by atoms with Crippen LogP contribution in [-0.4, -0.2) is 44.3 Å². The first-order chi connectivity index (χ1) is 5.29. The summed E-state index contributed by atoms with van der Waals surface area (Å²) < 4.78 is 0. The highest BCUT2D eigenvalue weighted by Crippen LogP contribution is 2.29. The second-order valence-corrected chi connectivity index (χ2v) is 4.14. The summed E-state index contributed by atoms with van der Waals surface area (Å²) in [5.41, 5.74) is 0. The fraction of sp³-hybridized carbons (Fsp3) is 1.00. The maximum Gasteiger partial charge on any atom is 0.144 e. The second-order valence-electron chi connectivity index (χ2n) is 4.14. The average Bonchev–Trinajstić information content (AvgIpc) is 2.45. The van der Waals surface area contributed by atoms with Gasteiger partial charge in [0.2, 0.25) is 0 Å². The van der Waals surface area contributed by atoms with E-state index in [2.05, 4.69) is 24.1 Å². The van der Waals surface area contributed by atoms with Crippen LogP contribution < -0.4 is 5.32 Å². The van der Waals surface area contributed by atoms with E-state index in [1.807, 2.05) is 0 Å². The van der Waals surface area contributed by atoms with Gasteiger partial charge in [-0.15, -0.1) is 0 Å². The van der Waals surface area contributed by atoms with Crippen LogP contribution in [0.15, 0.2) is 0 Å². The van der Waals surface area contributed by atoms with Crippen molar-refractivity contribution in [2.45, 2.75) is 25.0 Å². The van der Waals surface area contributed by atoms with Crippen LogP contribution in [-0.2, 0) is 0 Å². The van der Waals surface area contributed by atoms with Gasteiger partial charge in [-0.1, -0.05) is 13.1 Å². The maximum absolute atomic E-state index is 3.48. The third-order valence-corrected chi connectivity index (χ3v) is 3.46. The molecule has 62 valence electrons. The lowest BCUT2D eigenvalue weighted by molar-refractivity contribution is 0.255. The lowest BCUT2D eigenvalue weighted by atomic mass is 9.38. The highest BCUT2D eigenvalue weighted by Gasteiger charge is 2.38. The quantitative estimate of drug-likeness (QED) is 0.505. The van der Waals surface area contributed by atoms with Gasteiger partial charge in [-0.05, 0) is 26.0 Å². The number of nitrogens with one attached hydrogen (secondary N) is 1. The molecule has 3 heteroatoms. The predicted octanol–water partition coefficient (Wildman–Crippen LogP) is 0.398. The van der Waals surface area contributed by atoms with E-state index in [1.165, 1.54) is 26.0 Å². The molecule has 2 unspecified atom stereocenters. The molecule has 0 amide bonds. The Morgan fingerprint density at radius 1 is 1.45 bits per heavy atom. The molecule has 11 heavy (non-hydrogen) atoms. The topological polar surface area (TPSA) is 15.3 Å². The van der Waals surface area contributed by atoms with E-state index in [4.69, 9.17) is 0 Å². The first-order valence-electron chi connectivity index (χ1n) is 4.70. The van der Waals surface area contributed by atoms with Crippen LogP contribution in [0.3, 0.4) is 0 Å². The molecule has 0 aliphatic carbocycles. The van der Waals surface area contributed by atoms with Crippen molar-refractivity contribution < 1.29 is 0 Å². The highest BCUT2D eigenvalue weighted by molar-refractivity contribution is 6.59. The number of rotatable bonds is 0. The van der Waals surface area contributed by atoms with E-state index >= 15 is 0 Å². The van der Waals surface area contributed by atoms with Crippen LogP contribution in [0.1, 0.15) is 0 Å². The molecule has 2 nitrogen and oxygen atoms in total. The van der Waals surface area contributed by atoms with Crippen molar-refractivity contribution in [2.75, 3.05) is 26.7 Å². The second kappa shape index (κ2) is 2.79. The number of nitrogens with zero attached hydrogens (tertiary/aromatic N) is 1. The third-order valence-electron chi connectivity index (χ3n) is 3.46. The average molecular weight is 152 g/mol. The molecule has 2 heterocycles. The molecule has 2 saturated heterocycles. The first kappa shape index (κ1) is 7.62. The monoisotopic (exact) mass is 152 g/mol. The zero-order valence-corrected chi connectivity index (χ0v) is 7.51. The van der Waals surface area contributed by atoms with Gasteiger partial charge in [-0.25, -0.2) is 0 Å². The lowest BCUT2D eigenvalue weighted by Gasteiger charge is -2.36. The van der Waals surface area contributed by atoms with Crippen LogP contribution >= 0.6 is 0 Å². The maximum atomic E-state index is 3.48. The number of likely N-dealkylation sites (N-methyl/N-ethyl adjacent to an activating group) is 1. The van der Waals surface area contributed by atoms with Crippen LogP contribution in [0.5, 0.6) is 0 Å². The minimum atomic E-state index is 0.832. The van der Waals surface area contributed by atoms with Gasteiger partial charge in [-0.2, -0.15) is 0 Å². The van der Waals surface area contributed by atoms with E-state index in [0.29, 0.717) is 0 Å². The van der Waals surface area contributed by atoms with Gasteiger partial charge in [-0.3, -0.25) is 0 Å². The van der Waals surface area contributed by atoms with Crippen LogP contribution in [0, 0.1) is 0 Å². The van der Waals surface area contributed by atoms with Crippen LogP contribution in [0.4, 0.5) is 0 Å². The Labute approximate surface area is 69.4 Å². The summed E-state index contributed by atoms with van der Waals surface area (Å²) in [7, 11) is 2.26. The summed E-state index contributed by atoms with van der Waals surface area (Å²) in [4.78, 5) is 2.52. The molecule has 0 aromatic carbocycles. The fourth-order valence-electron chi connectivity index (χ4n) is 2.54. The van der Waals surface area contributed by atoms with Crippen LogP contribution in [0.25, 0.3) is 0 Å². The molecule has 2 aliphatic rings. The van der Waals surface area contributed by atoms with Gasteiger partial charge in [0.1, 0.15) is 6.71 Å². The first-order valence-corrected chi connectivity index (χ1v) is 4.70. The normalized spacial score (nSPS) is 39.3. The smallest absolute Gasteiger partial charge is 0.144 e. The van der Waals surface area contributed by atoms with Gasteiger partial charge >= 0.3 is 0 Å². The summed E-state index contributed by atoms with van der Waals surface area (Å²) in [5.74, 6) is 0.925. The molecular formula is C8H17BN2. The van der Waals surface area contributed by atoms with Gasteiger partial charge in [0, 0.05) is 12.6 Å². The Morgan fingerprint density at radius 3 is 3.00 bits per heavy atom. The molecule has 2 atom stereocenters. The summed E-state index contributed by atoms with van der Waals surface area (Å²) in [6, 6.07) is 0.832. The van der Waals surface area contributed by atoms with Crippen molar-refractivity contribution in [2.24, 2.45) is 0 Å². The van der Waals surface area contributed by atoms with Crippen molar-refractivity contribution in [3.8, 4) is 0 Å². The summed E-state index contributed by atoms with van der Waals surface area (Å²) in [6.45, 7) is 7.09. The van der Waals surface area contributed by atoms with Gasteiger partial charge in [0.25, 0.3) is 0 Å². The largest absolute Gasteiger partial charge is 0.316 e. The van der Waals surface area contributed by atoms with Crippen molar-refractivity contribution >= 4 is 6.71 Å². The van der Waals surface area contributed by atoms with Crippen molar-refractivity contribution in [1.29, 1.82) is 0 Å². The Bertz CT molecular complexity index is 135. The van der Waals surface area contributed by atoms with Crippen LogP contribution in [0.2, 0.25) is 19.0 Å². The number of fused-ring (bicyclic) bond motifs is 1. The Kier molecular flexibility index (Phi) is 1.94. The molecule has 2 fully saturated rings. The molecule has 0 spiro atoms. The Hall–Kier alpha value is -0.0151. The van der Waals surface area contributed by atoms with Crippen molar-refractivity contribution in [3.05, 3.63) is 0 Å². The van der Waals surface area contributed by atoms with E-state index in [9.17, 15) is 0 Å². The molecule has 0 bridgehead atoms. The molecule has 0 saturated carbocycles. The minimum Gasteiger partial charge on any atom is -0.316 e. The molecule has 0 aromatic heterocycles. The zero-order chi connectivity index (χ0) is 7.84.